The third kappa shape index (κ3) is 2.07. The van der Waals surface area contributed by atoms with Crippen LogP contribution in [-0.4, -0.2) is 48.5 Å². The van der Waals surface area contributed by atoms with Gasteiger partial charge in [-0.05, 0) is 11.6 Å². The Morgan fingerprint density at radius 1 is 1.42 bits per heavy atom. The van der Waals surface area contributed by atoms with Crippen LogP contribution in [0.15, 0.2) is 6.33 Å². The van der Waals surface area contributed by atoms with Gasteiger partial charge in [0.05, 0.1) is 12.7 Å². The van der Waals surface area contributed by atoms with Crippen molar-refractivity contribution in [2.75, 3.05) is 6.61 Å². The SMILES string of the molecule is OC[C@H]1OC(n2c(Cl)nc3ncnc-3c2Cl)C[C@@H]1O. The Hall–Kier alpha value is -0.990. The fourth-order valence-corrected chi connectivity index (χ4v) is 2.75. The Morgan fingerprint density at radius 2 is 2.21 bits per heavy atom. The van der Waals surface area contributed by atoms with E-state index in [1.54, 1.807) is 0 Å². The molecule has 0 spiro atoms. The van der Waals surface area contributed by atoms with Crippen molar-refractivity contribution in [2.24, 2.45) is 0 Å². The van der Waals surface area contributed by atoms with Crippen molar-refractivity contribution in [2.45, 2.75) is 24.9 Å². The van der Waals surface area contributed by atoms with E-state index in [0.717, 1.165) is 0 Å². The van der Waals surface area contributed by atoms with E-state index in [4.69, 9.17) is 33.0 Å². The van der Waals surface area contributed by atoms with Crippen molar-refractivity contribution in [3.05, 3.63) is 16.8 Å². The zero-order chi connectivity index (χ0) is 13.6. The smallest absolute Gasteiger partial charge is 0.208 e. The van der Waals surface area contributed by atoms with Crippen LogP contribution in [0.3, 0.4) is 0 Å². The first-order valence-corrected chi connectivity index (χ1v) is 6.35. The first-order chi connectivity index (χ1) is 9.11. The highest BCUT2D eigenvalue weighted by molar-refractivity contribution is 6.34. The number of aliphatic hydroxyl groups is 2. The monoisotopic (exact) mass is 304 g/mol. The predicted octanol–water partition coefficient (Wildman–Crippen LogP) is 0.725. The molecule has 7 nitrogen and oxygen atoms in total. The molecule has 0 bridgehead atoms. The lowest BCUT2D eigenvalue weighted by Gasteiger charge is -2.19. The molecule has 0 radical (unpaired) electrons. The van der Waals surface area contributed by atoms with E-state index in [1.807, 2.05) is 0 Å². The lowest BCUT2D eigenvalue weighted by molar-refractivity contribution is -0.0445. The van der Waals surface area contributed by atoms with E-state index in [2.05, 4.69) is 15.0 Å². The van der Waals surface area contributed by atoms with Gasteiger partial charge in [0, 0.05) is 6.42 Å². The van der Waals surface area contributed by atoms with Gasteiger partial charge in [-0.15, -0.1) is 0 Å². The van der Waals surface area contributed by atoms with Crippen molar-refractivity contribution >= 4 is 23.2 Å². The zero-order valence-electron chi connectivity index (χ0n) is 9.57. The van der Waals surface area contributed by atoms with Crippen LogP contribution in [0.25, 0.3) is 11.5 Å². The van der Waals surface area contributed by atoms with Gasteiger partial charge in [-0.25, -0.2) is 9.97 Å². The number of aromatic nitrogens is 4. The number of hydrogen-bond acceptors (Lipinski definition) is 6. The largest absolute Gasteiger partial charge is 0.394 e. The molecule has 19 heavy (non-hydrogen) atoms. The van der Waals surface area contributed by atoms with Gasteiger partial charge >= 0.3 is 0 Å². The predicted molar refractivity (Wildman–Crippen MR) is 66.1 cm³/mol. The molecule has 3 atom stereocenters. The molecule has 1 unspecified atom stereocenters. The van der Waals surface area contributed by atoms with E-state index >= 15 is 0 Å². The fourth-order valence-electron chi connectivity index (χ4n) is 2.11. The Bertz CT molecular complexity index is 578. The van der Waals surface area contributed by atoms with Crippen LogP contribution in [0.1, 0.15) is 12.6 Å². The molecule has 0 aromatic heterocycles. The molecule has 3 aliphatic rings. The number of imidazole rings is 1. The van der Waals surface area contributed by atoms with Gasteiger partial charge in [0.1, 0.15) is 29.5 Å². The first kappa shape index (κ1) is 13.0. The molecule has 0 aromatic rings. The zero-order valence-corrected chi connectivity index (χ0v) is 11.1. The lowest BCUT2D eigenvalue weighted by atomic mass is 10.2. The minimum Gasteiger partial charge on any atom is -0.394 e. The van der Waals surface area contributed by atoms with Crippen LogP contribution < -0.4 is 0 Å². The maximum absolute atomic E-state index is 9.74. The maximum atomic E-state index is 9.74. The second-order valence-corrected chi connectivity index (χ2v) is 4.90. The molecule has 1 fully saturated rings. The average molecular weight is 305 g/mol. The van der Waals surface area contributed by atoms with Crippen LogP contribution in [0.5, 0.6) is 0 Å². The lowest BCUT2D eigenvalue weighted by Crippen LogP contribution is -2.24. The summed E-state index contributed by atoms with van der Waals surface area (Å²) in [5.74, 6) is 0.350. The molecule has 3 heterocycles. The standard InChI is InChI=1S/C10H10Cl2N4O3/c11-8-7-9(14-3-13-7)15-10(12)16(8)6-1-4(18)5(2-17)19-6/h3-6,17-18H,1-2H2/t4-,5+,6?/m0/s1. The molecule has 0 aliphatic carbocycles. The number of rotatable bonds is 2. The summed E-state index contributed by atoms with van der Waals surface area (Å²) in [6, 6.07) is 0. The van der Waals surface area contributed by atoms with Crippen LogP contribution in [0.2, 0.25) is 10.4 Å². The summed E-state index contributed by atoms with van der Waals surface area (Å²) in [4.78, 5) is 12.0. The number of halogens is 2. The van der Waals surface area contributed by atoms with Gasteiger partial charge in [-0.3, -0.25) is 4.57 Å². The van der Waals surface area contributed by atoms with Crippen molar-refractivity contribution in [1.29, 1.82) is 0 Å². The number of aliphatic hydroxyl groups excluding tert-OH is 2. The molecule has 102 valence electrons. The van der Waals surface area contributed by atoms with E-state index in [9.17, 15) is 5.11 Å². The molecule has 0 amide bonds. The third-order valence-corrected chi connectivity index (χ3v) is 3.68. The molecule has 9 heteroatoms. The normalized spacial score (nSPS) is 27.3. The first-order valence-electron chi connectivity index (χ1n) is 5.60. The molecule has 0 saturated carbocycles. The summed E-state index contributed by atoms with van der Waals surface area (Å²) < 4.78 is 6.93. The van der Waals surface area contributed by atoms with Crippen molar-refractivity contribution < 1.29 is 14.9 Å². The van der Waals surface area contributed by atoms with Crippen molar-refractivity contribution in [3.8, 4) is 11.5 Å². The number of hydrogen-bond donors (Lipinski definition) is 2. The Balaban J connectivity index is 2.04. The molecule has 3 aliphatic heterocycles. The highest BCUT2D eigenvalue weighted by atomic mass is 35.5. The third-order valence-electron chi connectivity index (χ3n) is 3.05. The molecule has 1 saturated heterocycles. The van der Waals surface area contributed by atoms with Gasteiger partial charge in [0.2, 0.25) is 5.28 Å². The summed E-state index contributed by atoms with van der Waals surface area (Å²) in [5, 5.41) is 19.2. The number of fused-ring (bicyclic) bond motifs is 1. The van der Waals surface area contributed by atoms with Crippen LogP contribution in [0, 0.1) is 0 Å². The van der Waals surface area contributed by atoms with E-state index in [-0.39, 0.29) is 23.5 Å². The minimum absolute atomic E-state index is 0.0915. The topological polar surface area (TPSA) is 93.3 Å². The summed E-state index contributed by atoms with van der Waals surface area (Å²) in [6.45, 7) is -0.278. The molecular formula is C10H10Cl2N4O3. The van der Waals surface area contributed by atoms with Gasteiger partial charge in [-0.2, -0.15) is 4.98 Å². The quantitative estimate of drug-likeness (QED) is 0.627. The number of nitrogens with zero attached hydrogens (tertiary/aromatic N) is 4. The summed E-state index contributed by atoms with van der Waals surface area (Å²) in [6.07, 6.45) is -0.440. The minimum atomic E-state index is -0.781. The molecule has 2 N–H and O–H groups in total. The van der Waals surface area contributed by atoms with Crippen LogP contribution in [-0.2, 0) is 4.74 Å². The van der Waals surface area contributed by atoms with E-state index in [0.29, 0.717) is 11.5 Å². The van der Waals surface area contributed by atoms with Crippen molar-refractivity contribution in [3.63, 3.8) is 0 Å². The summed E-state index contributed by atoms with van der Waals surface area (Å²) >= 11 is 12.3. The van der Waals surface area contributed by atoms with Gasteiger partial charge in [0.25, 0.3) is 0 Å². The van der Waals surface area contributed by atoms with Crippen LogP contribution in [0.4, 0.5) is 0 Å². The fraction of sp³-hybridized carbons (Fsp3) is 0.500. The molecular weight excluding hydrogens is 295 g/mol. The Kier molecular flexibility index (Phi) is 3.32. The van der Waals surface area contributed by atoms with Gasteiger partial charge in [-0.1, -0.05) is 11.6 Å². The maximum Gasteiger partial charge on any atom is 0.208 e. The average Bonchev–Trinajstić information content (AvgIpc) is 2.95. The number of ether oxygens (including phenoxy) is 1. The second kappa shape index (κ2) is 4.84. The Morgan fingerprint density at radius 3 is 2.89 bits per heavy atom. The van der Waals surface area contributed by atoms with Gasteiger partial charge < -0.3 is 14.9 Å². The second-order valence-electron chi connectivity index (χ2n) is 4.20. The van der Waals surface area contributed by atoms with E-state index in [1.165, 1.54) is 10.9 Å². The van der Waals surface area contributed by atoms with Gasteiger partial charge in [0.15, 0.2) is 5.82 Å². The van der Waals surface area contributed by atoms with E-state index < -0.39 is 18.4 Å². The molecule has 3 rings (SSSR count). The summed E-state index contributed by atoms with van der Waals surface area (Å²) in [7, 11) is 0. The van der Waals surface area contributed by atoms with Crippen LogP contribution >= 0.6 is 23.2 Å². The summed E-state index contributed by atoms with van der Waals surface area (Å²) in [5.41, 5.74) is 0.414. The highest BCUT2D eigenvalue weighted by Crippen LogP contribution is 2.36. The molecule has 0 aromatic carbocycles. The Labute approximate surface area is 118 Å². The van der Waals surface area contributed by atoms with Crippen molar-refractivity contribution in [1.82, 2.24) is 19.5 Å². The highest BCUT2D eigenvalue weighted by Gasteiger charge is 2.37.